The SMILES string of the molecule is CCc1ccccc1C(=O)Nc1ncccc1Br. The van der Waals surface area contributed by atoms with Gasteiger partial charge in [-0.15, -0.1) is 0 Å². The fourth-order valence-electron chi connectivity index (χ4n) is 1.70. The molecule has 0 fully saturated rings. The third kappa shape index (κ3) is 2.76. The van der Waals surface area contributed by atoms with E-state index in [2.05, 4.69) is 26.2 Å². The number of halogens is 1. The van der Waals surface area contributed by atoms with Crippen molar-refractivity contribution in [3.05, 3.63) is 58.2 Å². The maximum absolute atomic E-state index is 12.2. The summed E-state index contributed by atoms with van der Waals surface area (Å²) in [6.07, 6.45) is 2.47. The van der Waals surface area contributed by atoms with E-state index in [9.17, 15) is 4.79 Å². The van der Waals surface area contributed by atoms with Crippen LogP contribution in [0.1, 0.15) is 22.8 Å². The molecule has 92 valence electrons. The third-order valence-corrected chi connectivity index (χ3v) is 3.27. The van der Waals surface area contributed by atoms with Crippen LogP contribution in [0.2, 0.25) is 0 Å². The molecule has 0 saturated heterocycles. The van der Waals surface area contributed by atoms with Crippen molar-refractivity contribution in [1.29, 1.82) is 0 Å². The van der Waals surface area contributed by atoms with Crippen molar-refractivity contribution in [1.82, 2.24) is 4.98 Å². The number of anilines is 1. The third-order valence-electron chi connectivity index (χ3n) is 2.63. The van der Waals surface area contributed by atoms with Crippen molar-refractivity contribution >= 4 is 27.7 Å². The van der Waals surface area contributed by atoms with Gasteiger partial charge >= 0.3 is 0 Å². The minimum atomic E-state index is -0.133. The van der Waals surface area contributed by atoms with E-state index in [0.717, 1.165) is 16.5 Å². The number of nitrogens with one attached hydrogen (secondary N) is 1. The maximum atomic E-state index is 12.2. The van der Waals surface area contributed by atoms with E-state index in [1.54, 1.807) is 12.3 Å². The number of rotatable bonds is 3. The first-order valence-corrected chi connectivity index (χ1v) is 6.51. The lowest BCUT2D eigenvalue weighted by atomic mass is 10.0. The Bertz CT molecular complexity index is 569. The Kier molecular flexibility index (Phi) is 4.10. The molecule has 0 aliphatic rings. The van der Waals surface area contributed by atoms with Crippen molar-refractivity contribution in [3.63, 3.8) is 0 Å². The number of hydrogen-bond donors (Lipinski definition) is 1. The van der Waals surface area contributed by atoms with E-state index in [0.29, 0.717) is 11.4 Å². The van der Waals surface area contributed by atoms with Gasteiger partial charge < -0.3 is 5.32 Å². The molecular weight excluding hydrogens is 292 g/mol. The monoisotopic (exact) mass is 304 g/mol. The summed E-state index contributed by atoms with van der Waals surface area (Å²) in [5.74, 6) is 0.403. The molecule has 2 rings (SSSR count). The average Bonchev–Trinajstić information content (AvgIpc) is 2.41. The summed E-state index contributed by atoms with van der Waals surface area (Å²) in [6.45, 7) is 2.03. The van der Waals surface area contributed by atoms with Gasteiger partial charge in [-0.05, 0) is 46.1 Å². The molecule has 3 nitrogen and oxygen atoms in total. The number of nitrogens with zero attached hydrogens (tertiary/aromatic N) is 1. The van der Waals surface area contributed by atoms with Crippen molar-refractivity contribution < 1.29 is 4.79 Å². The van der Waals surface area contributed by atoms with Gasteiger partial charge in [0.05, 0.1) is 4.47 Å². The smallest absolute Gasteiger partial charge is 0.257 e. The zero-order valence-electron chi connectivity index (χ0n) is 9.98. The molecule has 1 heterocycles. The molecule has 1 aromatic carbocycles. The van der Waals surface area contributed by atoms with E-state index < -0.39 is 0 Å². The Hall–Kier alpha value is -1.68. The molecule has 0 saturated carbocycles. The largest absolute Gasteiger partial charge is 0.306 e. The molecule has 0 unspecified atom stereocenters. The second kappa shape index (κ2) is 5.78. The summed E-state index contributed by atoms with van der Waals surface area (Å²) in [6, 6.07) is 11.2. The molecule has 0 atom stereocenters. The van der Waals surface area contributed by atoms with Crippen LogP contribution in [-0.4, -0.2) is 10.9 Å². The highest BCUT2D eigenvalue weighted by atomic mass is 79.9. The van der Waals surface area contributed by atoms with Gasteiger partial charge in [0.1, 0.15) is 5.82 Å². The van der Waals surface area contributed by atoms with Crippen LogP contribution in [0.5, 0.6) is 0 Å². The molecular formula is C14H13BrN2O. The Balaban J connectivity index is 2.25. The van der Waals surface area contributed by atoms with Crippen LogP contribution in [0.4, 0.5) is 5.82 Å². The van der Waals surface area contributed by atoms with Crippen LogP contribution in [0.25, 0.3) is 0 Å². The van der Waals surface area contributed by atoms with Crippen LogP contribution in [0.15, 0.2) is 47.1 Å². The van der Waals surface area contributed by atoms with Gasteiger partial charge in [-0.3, -0.25) is 4.79 Å². The molecule has 0 spiro atoms. The quantitative estimate of drug-likeness (QED) is 0.940. The van der Waals surface area contributed by atoms with Crippen molar-refractivity contribution in [2.45, 2.75) is 13.3 Å². The van der Waals surface area contributed by atoms with Crippen LogP contribution in [-0.2, 0) is 6.42 Å². The lowest BCUT2D eigenvalue weighted by Crippen LogP contribution is -2.15. The van der Waals surface area contributed by atoms with Crippen LogP contribution >= 0.6 is 15.9 Å². The lowest BCUT2D eigenvalue weighted by Gasteiger charge is -2.09. The number of benzene rings is 1. The minimum absolute atomic E-state index is 0.133. The first-order valence-electron chi connectivity index (χ1n) is 5.72. The standard InChI is InChI=1S/C14H13BrN2O/c1-2-10-6-3-4-7-11(10)14(18)17-13-12(15)8-5-9-16-13/h3-9H,2H2,1H3,(H,16,17,18). The Morgan fingerprint density at radius 3 is 2.78 bits per heavy atom. The predicted octanol–water partition coefficient (Wildman–Crippen LogP) is 3.66. The van der Waals surface area contributed by atoms with Gasteiger partial charge in [0.15, 0.2) is 0 Å². The second-order valence-electron chi connectivity index (χ2n) is 3.80. The highest BCUT2D eigenvalue weighted by Crippen LogP contribution is 2.20. The number of amides is 1. The molecule has 1 N–H and O–H groups in total. The summed E-state index contributed by atoms with van der Waals surface area (Å²) in [4.78, 5) is 16.3. The maximum Gasteiger partial charge on any atom is 0.257 e. The number of aromatic nitrogens is 1. The molecule has 0 bridgehead atoms. The Morgan fingerprint density at radius 1 is 1.28 bits per heavy atom. The van der Waals surface area contributed by atoms with Crippen molar-refractivity contribution in [3.8, 4) is 0 Å². The molecule has 0 aliphatic carbocycles. The molecule has 2 aromatic rings. The Labute approximate surface area is 114 Å². The van der Waals surface area contributed by atoms with Crippen LogP contribution < -0.4 is 5.32 Å². The van der Waals surface area contributed by atoms with Gasteiger partial charge in [-0.2, -0.15) is 0 Å². The van der Waals surface area contributed by atoms with E-state index >= 15 is 0 Å². The molecule has 18 heavy (non-hydrogen) atoms. The van der Waals surface area contributed by atoms with Crippen molar-refractivity contribution in [2.75, 3.05) is 5.32 Å². The predicted molar refractivity (Wildman–Crippen MR) is 75.7 cm³/mol. The summed E-state index contributed by atoms with van der Waals surface area (Å²) in [5.41, 5.74) is 1.72. The minimum Gasteiger partial charge on any atom is -0.306 e. The van der Waals surface area contributed by atoms with Gasteiger partial charge in [-0.1, -0.05) is 25.1 Å². The first kappa shape index (κ1) is 12.8. The normalized spacial score (nSPS) is 10.1. The fourth-order valence-corrected chi connectivity index (χ4v) is 2.06. The molecule has 1 aromatic heterocycles. The van der Waals surface area contributed by atoms with Gasteiger partial charge in [-0.25, -0.2) is 4.98 Å². The summed E-state index contributed by atoms with van der Waals surface area (Å²) >= 11 is 3.36. The number of carbonyl (C=O) groups is 1. The summed E-state index contributed by atoms with van der Waals surface area (Å²) in [5, 5.41) is 2.80. The zero-order valence-corrected chi connectivity index (χ0v) is 11.6. The van der Waals surface area contributed by atoms with Crippen molar-refractivity contribution in [2.24, 2.45) is 0 Å². The molecule has 0 aliphatic heterocycles. The highest BCUT2D eigenvalue weighted by molar-refractivity contribution is 9.10. The van der Waals surface area contributed by atoms with E-state index in [1.807, 2.05) is 37.3 Å². The van der Waals surface area contributed by atoms with E-state index in [1.165, 1.54) is 0 Å². The molecule has 0 radical (unpaired) electrons. The number of hydrogen-bond acceptors (Lipinski definition) is 2. The van der Waals surface area contributed by atoms with E-state index in [4.69, 9.17) is 0 Å². The number of aryl methyl sites for hydroxylation is 1. The lowest BCUT2D eigenvalue weighted by molar-refractivity contribution is 0.102. The second-order valence-corrected chi connectivity index (χ2v) is 4.65. The average molecular weight is 305 g/mol. The first-order chi connectivity index (χ1) is 8.72. The van der Waals surface area contributed by atoms with E-state index in [-0.39, 0.29) is 5.91 Å². The van der Waals surface area contributed by atoms with Gasteiger partial charge in [0.2, 0.25) is 0 Å². The topological polar surface area (TPSA) is 42.0 Å². The van der Waals surface area contributed by atoms with Crippen LogP contribution in [0.3, 0.4) is 0 Å². The number of carbonyl (C=O) groups excluding carboxylic acids is 1. The van der Waals surface area contributed by atoms with Crippen LogP contribution in [0, 0.1) is 0 Å². The Morgan fingerprint density at radius 2 is 2.06 bits per heavy atom. The zero-order chi connectivity index (χ0) is 13.0. The van der Waals surface area contributed by atoms with Gasteiger partial charge in [0.25, 0.3) is 5.91 Å². The fraction of sp³-hybridized carbons (Fsp3) is 0.143. The number of pyridine rings is 1. The molecule has 1 amide bonds. The summed E-state index contributed by atoms with van der Waals surface area (Å²) in [7, 11) is 0. The molecule has 4 heteroatoms. The summed E-state index contributed by atoms with van der Waals surface area (Å²) < 4.78 is 0.771. The highest BCUT2D eigenvalue weighted by Gasteiger charge is 2.11. The van der Waals surface area contributed by atoms with Gasteiger partial charge in [0, 0.05) is 11.8 Å².